The van der Waals surface area contributed by atoms with Crippen LogP contribution in [0.3, 0.4) is 0 Å². The molecule has 7 nitrogen and oxygen atoms in total. The Morgan fingerprint density at radius 2 is 2.04 bits per heavy atom. The summed E-state index contributed by atoms with van der Waals surface area (Å²) >= 11 is 0. The number of morpholine rings is 1. The lowest BCUT2D eigenvalue weighted by molar-refractivity contribution is 0.00372. The first-order valence-corrected chi connectivity index (χ1v) is 9.04. The molecule has 2 saturated heterocycles. The van der Waals surface area contributed by atoms with Gasteiger partial charge in [-0.25, -0.2) is 4.79 Å². The Labute approximate surface area is 143 Å². The van der Waals surface area contributed by atoms with Crippen molar-refractivity contribution in [3.05, 3.63) is 18.0 Å². The smallest absolute Gasteiger partial charge is 0.317 e. The van der Waals surface area contributed by atoms with Gasteiger partial charge in [-0.15, -0.1) is 0 Å². The molecule has 2 aliphatic rings. The molecule has 2 fully saturated rings. The lowest BCUT2D eigenvalue weighted by atomic mass is 10.0. The molecule has 24 heavy (non-hydrogen) atoms. The molecule has 1 N–H and O–H groups in total. The summed E-state index contributed by atoms with van der Waals surface area (Å²) in [6.07, 6.45) is 4.74. The summed E-state index contributed by atoms with van der Waals surface area (Å²) in [4.78, 5) is 17.1. The molecule has 3 rings (SSSR count). The molecule has 0 bridgehead atoms. The Morgan fingerprint density at radius 1 is 1.33 bits per heavy atom. The van der Waals surface area contributed by atoms with E-state index in [-0.39, 0.29) is 12.1 Å². The predicted octanol–water partition coefficient (Wildman–Crippen LogP) is 1.38. The zero-order valence-corrected chi connectivity index (χ0v) is 14.8. The van der Waals surface area contributed by atoms with Gasteiger partial charge >= 0.3 is 6.03 Å². The van der Waals surface area contributed by atoms with Gasteiger partial charge in [-0.1, -0.05) is 6.92 Å². The average Bonchev–Trinajstić information content (AvgIpc) is 3.06. The summed E-state index contributed by atoms with van der Waals surface area (Å²) in [5, 5.41) is 7.37. The summed E-state index contributed by atoms with van der Waals surface area (Å²) in [6, 6.07) is 2.63. The quantitative estimate of drug-likeness (QED) is 0.903. The molecule has 0 aliphatic carbocycles. The first kappa shape index (κ1) is 17.2. The van der Waals surface area contributed by atoms with Crippen LogP contribution in [0.25, 0.3) is 0 Å². The fraction of sp³-hybridized carbons (Fsp3) is 0.765. The van der Waals surface area contributed by atoms with E-state index < -0.39 is 0 Å². The van der Waals surface area contributed by atoms with Crippen molar-refractivity contribution in [3.63, 3.8) is 0 Å². The number of aromatic nitrogens is 2. The number of hydrogen-bond donors (Lipinski definition) is 1. The molecule has 1 aromatic heterocycles. The first-order chi connectivity index (χ1) is 11.7. The van der Waals surface area contributed by atoms with E-state index in [1.807, 2.05) is 22.7 Å². The number of ether oxygens (including phenoxy) is 1. The lowest BCUT2D eigenvalue weighted by Crippen LogP contribution is -2.52. The van der Waals surface area contributed by atoms with Gasteiger partial charge in [-0.05, 0) is 25.3 Å². The largest absolute Gasteiger partial charge is 0.379 e. The van der Waals surface area contributed by atoms with Crippen molar-refractivity contribution in [2.24, 2.45) is 7.05 Å². The summed E-state index contributed by atoms with van der Waals surface area (Å²) in [5.41, 5.74) is 1.05. The zero-order valence-electron chi connectivity index (χ0n) is 14.8. The molecule has 1 aromatic rings. The van der Waals surface area contributed by atoms with Crippen molar-refractivity contribution >= 4 is 6.03 Å². The molecule has 7 heteroatoms. The van der Waals surface area contributed by atoms with Gasteiger partial charge in [0.15, 0.2) is 0 Å². The van der Waals surface area contributed by atoms with Crippen LogP contribution in [-0.2, 0) is 11.8 Å². The molecule has 1 unspecified atom stereocenters. The predicted molar refractivity (Wildman–Crippen MR) is 91.8 cm³/mol. The highest BCUT2D eigenvalue weighted by atomic mass is 16.5. The van der Waals surface area contributed by atoms with Gasteiger partial charge in [0.05, 0.1) is 24.9 Å². The van der Waals surface area contributed by atoms with E-state index in [2.05, 4.69) is 22.2 Å². The van der Waals surface area contributed by atoms with E-state index >= 15 is 0 Å². The second-order valence-electron chi connectivity index (χ2n) is 6.66. The minimum atomic E-state index is 0.0157. The Bertz CT molecular complexity index is 533. The van der Waals surface area contributed by atoms with Crippen LogP contribution in [0.15, 0.2) is 12.3 Å². The van der Waals surface area contributed by atoms with Crippen LogP contribution in [-0.4, -0.2) is 71.0 Å². The van der Waals surface area contributed by atoms with Gasteiger partial charge < -0.3 is 15.0 Å². The van der Waals surface area contributed by atoms with Crippen molar-refractivity contribution in [3.8, 4) is 0 Å². The molecule has 2 amide bonds. The normalized spacial score (nSPS) is 21.7. The molecule has 0 saturated carbocycles. The topological polar surface area (TPSA) is 62.6 Å². The molecule has 1 atom stereocenters. The standard InChI is InChI=1S/C17H29N5O2/c1-3-15(16-4-7-18-20(16)2)19-17(23)22-8-5-14(6-9-22)21-10-12-24-13-11-21/h4,7,14-15H,3,5-6,8-13H2,1-2H3,(H,19,23). The lowest BCUT2D eigenvalue weighted by Gasteiger charge is -2.40. The third kappa shape index (κ3) is 3.89. The van der Waals surface area contributed by atoms with Crippen LogP contribution in [0.4, 0.5) is 4.79 Å². The van der Waals surface area contributed by atoms with Crippen LogP contribution < -0.4 is 5.32 Å². The monoisotopic (exact) mass is 335 g/mol. The second-order valence-corrected chi connectivity index (χ2v) is 6.66. The SMILES string of the molecule is CCC(NC(=O)N1CCC(N2CCOCC2)CC1)c1ccnn1C. The van der Waals surface area contributed by atoms with E-state index in [9.17, 15) is 4.79 Å². The average molecular weight is 335 g/mol. The third-order valence-corrected chi connectivity index (χ3v) is 5.24. The van der Waals surface area contributed by atoms with E-state index in [4.69, 9.17) is 4.74 Å². The number of piperidine rings is 1. The first-order valence-electron chi connectivity index (χ1n) is 9.04. The maximum atomic E-state index is 12.6. The molecular formula is C17H29N5O2. The maximum Gasteiger partial charge on any atom is 0.317 e. The Balaban J connectivity index is 1.50. The Kier molecular flexibility index (Phi) is 5.73. The number of nitrogens with one attached hydrogen (secondary N) is 1. The molecule has 134 valence electrons. The van der Waals surface area contributed by atoms with Crippen LogP contribution in [0.5, 0.6) is 0 Å². The minimum absolute atomic E-state index is 0.0157. The molecule has 3 heterocycles. The van der Waals surface area contributed by atoms with Crippen molar-refractivity contribution in [1.29, 1.82) is 0 Å². The van der Waals surface area contributed by atoms with E-state index in [1.165, 1.54) is 0 Å². The highest BCUT2D eigenvalue weighted by Gasteiger charge is 2.28. The molecule has 2 aliphatic heterocycles. The number of hydrogen-bond acceptors (Lipinski definition) is 4. The Hall–Kier alpha value is -1.60. The second kappa shape index (κ2) is 7.98. The fourth-order valence-electron chi connectivity index (χ4n) is 3.73. The van der Waals surface area contributed by atoms with Crippen LogP contribution >= 0.6 is 0 Å². The molecule has 0 radical (unpaired) electrons. The van der Waals surface area contributed by atoms with Crippen molar-refractivity contribution in [2.75, 3.05) is 39.4 Å². The molecule has 0 aromatic carbocycles. The van der Waals surface area contributed by atoms with E-state index in [1.54, 1.807) is 6.20 Å². The number of likely N-dealkylation sites (tertiary alicyclic amines) is 1. The van der Waals surface area contributed by atoms with Gasteiger partial charge in [0.1, 0.15) is 0 Å². The third-order valence-electron chi connectivity index (χ3n) is 5.24. The molecule has 0 spiro atoms. The van der Waals surface area contributed by atoms with E-state index in [0.717, 1.165) is 64.3 Å². The maximum absolute atomic E-state index is 12.6. The fourth-order valence-corrected chi connectivity index (χ4v) is 3.73. The highest BCUT2D eigenvalue weighted by Crippen LogP contribution is 2.20. The highest BCUT2D eigenvalue weighted by molar-refractivity contribution is 5.74. The van der Waals surface area contributed by atoms with Gasteiger partial charge in [0.25, 0.3) is 0 Å². The van der Waals surface area contributed by atoms with Crippen molar-refractivity contribution in [1.82, 2.24) is 24.9 Å². The zero-order chi connectivity index (χ0) is 16.9. The van der Waals surface area contributed by atoms with Crippen LogP contribution in [0.2, 0.25) is 0 Å². The van der Waals surface area contributed by atoms with Gasteiger partial charge in [-0.2, -0.15) is 5.10 Å². The van der Waals surface area contributed by atoms with Crippen molar-refractivity contribution in [2.45, 2.75) is 38.3 Å². The number of carbonyl (C=O) groups is 1. The number of aryl methyl sites for hydroxylation is 1. The van der Waals surface area contributed by atoms with Gasteiger partial charge in [-0.3, -0.25) is 9.58 Å². The van der Waals surface area contributed by atoms with Crippen LogP contribution in [0, 0.1) is 0 Å². The molecular weight excluding hydrogens is 306 g/mol. The number of nitrogens with zero attached hydrogens (tertiary/aromatic N) is 4. The number of amides is 2. The van der Waals surface area contributed by atoms with Crippen molar-refractivity contribution < 1.29 is 9.53 Å². The summed E-state index contributed by atoms with van der Waals surface area (Å²) in [5.74, 6) is 0. The van der Waals surface area contributed by atoms with E-state index in [0.29, 0.717) is 6.04 Å². The Morgan fingerprint density at radius 3 is 2.62 bits per heavy atom. The number of rotatable bonds is 4. The summed E-state index contributed by atoms with van der Waals surface area (Å²) in [7, 11) is 1.91. The summed E-state index contributed by atoms with van der Waals surface area (Å²) in [6.45, 7) is 7.46. The number of urea groups is 1. The number of carbonyl (C=O) groups excluding carboxylic acids is 1. The van der Waals surface area contributed by atoms with Gasteiger partial charge in [0.2, 0.25) is 0 Å². The van der Waals surface area contributed by atoms with Crippen LogP contribution in [0.1, 0.15) is 37.9 Å². The minimum Gasteiger partial charge on any atom is -0.379 e. The summed E-state index contributed by atoms with van der Waals surface area (Å²) < 4.78 is 7.26. The van der Waals surface area contributed by atoms with Gasteiger partial charge in [0, 0.05) is 45.5 Å².